The number of fused-ring (bicyclic) bond motifs is 1. The van der Waals surface area contributed by atoms with Crippen LogP contribution in [0.15, 0.2) is 30.3 Å². The third kappa shape index (κ3) is 4.43. The van der Waals surface area contributed by atoms with E-state index in [0.717, 1.165) is 29.8 Å². The lowest BCUT2D eigenvalue weighted by Crippen LogP contribution is -2.49. The number of nitrogens with one attached hydrogen (secondary N) is 1. The Bertz CT molecular complexity index is 842. The second kappa shape index (κ2) is 8.59. The van der Waals surface area contributed by atoms with Crippen molar-refractivity contribution >= 4 is 11.8 Å². The zero-order valence-electron chi connectivity index (χ0n) is 17.2. The standard InChI is InChI=1S/C22H30N4O2/c1-15(2)14-20(23-16(3)27)22(28)26-12-10-18-19(11-13-26)24-25(4)21(18)17-8-6-5-7-9-17/h5-9,15,20H,10-14H2,1-4H3,(H,23,27)/t20-/m0/s1. The number of amides is 2. The molecule has 150 valence electrons. The van der Waals surface area contributed by atoms with Crippen molar-refractivity contribution in [1.29, 1.82) is 0 Å². The smallest absolute Gasteiger partial charge is 0.245 e. The highest BCUT2D eigenvalue weighted by Gasteiger charge is 2.29. The van der Waals surface area contributed by atoms with E-state index in [0.29, 0.717) is 25.4 Å². The maximum absolute atomic E-state index is 13.1. The Morgan fingerprint density at radius 1 is 1.14 bits per heavy atom. The molecule has 2 heterocycles. The van der Waals surface area contributed by atoms with E-state index in [1.54, 1.807) is 0 Å². The summed E-state index contributed by atoms with van der Waals surface area (Å²) in [5.41, 5.74) is 4.57. The summed E-state index contributed by atoms with van der Waals surface area (Å²) in [5.74, 6) is 0.183. The minimum Gasteiger partial charge on any atom is -0.345 e. The average Bonchev–Trinajstić information content (AvgIpc) is 2.82. The first-order valence-corrected chi connectivity index (χ1v) is 10.0. The molecule has 0 bridgehead atoms. The Morgan fingerprint density at radius 3 is 2.46 bits per heavy atom. The summed E-state index contributed by atoms with van der Waals surface area (Å²) >= 11 is 0. The Labute approximate surface area is 166 Å². The minimum atomic E-state index is -0.456. The molecule has 0 fully saturated rings. The van der Waals surface area contributed by atoms with Crippen LogP contribution in [0.1, 0.15) is 38.4 Å². The van der Waals surface area contributed by atoms with Crippen LogP contribution in [0.5, 0.6) is 0 Å². The number of carbonyl (C=O) groups excluding carboxylic acids is 2. The highest BCUT2D eigenvalue weighted by atomic mass is 16.2. The maximum atomic E-state index is 13.1. The molecule has 0 saturated carbocycles. The second-order valence-corrected chi connectivity index (χ2v) is 7.97. The van der Waals surface area contributed by atoms with Gasteiger partial charge in [-0.25, -0.2) is 0 Å². The van der Waals surface area contributed by atoms with Gasteiger partial charge >= 0.3 is 0 Å². The molecule has 1 aliphatic rings. The van der Waals surface area contributed by atoms with E-state index in [9.17, 15) is 9.59 Å². The van der Waals surface area contributed by atoms with Gasteiger partial charge in [0.05, 0.1) is 11.4 Å². The fourth-order valence-corrected chi connectivity index (χ4v) is 4.02. The van der Waals surface area contributed by atoms with Gasteiger partial charge in [0.2, 0.25) is 11.8 Å². The molecule has 0 saturated heterocycles. The van der Waals surface area contributed by atoms with Gasteiger partial charge in [-0.15, -0.1) is 0 Å². The van der Waals surface area contributed by atoms with E-state index in [2.05, 4.69) is 31.3 Å². The van der Waals surface area contributed by atoms with Gasteiger partial charge in [-0.2, -0.15) is 5.10 Å². The van der Waals surface area contributed by atoms with Gasteiger partial charge < -0.3 is 10.2 Å². The van der Waals surface area contributed by atoms with Crippen LogP contribution in [0.4, 0.5) is 0 Å². The summed E-state index contributed by atoms with van der Waals surface area (Å²) in [5, 5.41) is 7.57. The SMILES string of the molecule is CC(=O)N[C@@H](CC(C)C)C(=O)N1CCc2nn(C)c(-c3ccccc3)c2CC1. The van der Waals surface area contributed by atoms with E-state index < -0.39 is 6.04 Å². The van der Waals surface area contributed by atoms with Gasteiger partial charge in [0.15, 0.2) is 0 Å². The first-order valence-electron chi connectivity index (χ1n) is 10.0. The number of rotatable bonds is 5. The first kappa shape index (κ1) is 20.1. The zero-order valence-corrected chi connectivity index (χ0v) is 17.2. The molecule has 3 rings (SSSR count). The summed E-state index contributed by atoms with van der Waals surface area (Å²) in [4.78, 5) is 26.6. The van der Waals surface area contributed by atoms with E-state index in [4.69, 9.17) is 5.10 Å². The largest absolute Gasteiger partial charge is 0.345 e. The lowest BCUT2D eigenvalue weighted by Gasteiger charge is -2.27. The molecule has 0 unspecified atom stereocenters. The Balaban J connectivity index is 1.80. The predicted octanol–water partition coefficient (Wildman–Crippen LogP) is 2.57. The Morgan fingerprint density at radius 2 is 1.82 bits per heavy atom. The molecule has 2 amide bonds. The number of nitrogens with zero attached hydrogens (tertiary/aromatic N) is 3. The number of hydrogen-bond donors (Lipinski definition) is 1. The van der Waals surface area contributed by atoms with Crippen molar-refractivity contribution in [3.05, 3.63) is 41.6 Å². The van der Waals surface area contributed by atoms with Crippen molar-refractivity contribution in [2.45, 2.75) is 46.1 Å². The molecule has 28 heavy (non-hydrogen) atoms. The van der Waals surface area contributed by atoms with Crippen LogP contribution in [0.25, 0.3) is 11.3 Å². The number of benzene rings is 1. The van der Waals surface area contributed by atoms with Gasteiger partial charge in [-0.05, 0) is 18.8 Å². The van der Waals surface area contributed by atoms with Crippen LogP contribution in [-0.4, -0.2) is 45.6 Å². The van der Waals surface area contributed by atoms with Crippen LogP contribution < -0.4 is 5.32 Å². The van der Waals surface area contributed by atoms with Gasteiger partial charge in [0, 0.05) is 44.6 Å². The van der Waals surface area contributed by atoms with Crippen molar-refractivity contribution in [2.75, 3.05) is 13.1 Å². The van der Waals surface area contributed by atoms with Crippen LogP contribution in [0.2, 0.25) is 0 Å². The minimum absolute atomic E-state index is 0.0136. The summed E-state index contributed by atoms with van der Waals surface area (Å²) in [7, 11) is 1.98. The van der Waals surface area contributed by atoms with Crippen LogP contribution in [0.3, 0.4) is 0 Å². The molecule has 1 aliphatic heterocycles. The Hall–Kier alpha value is -2.63. The molecule has 1 aromatic heterocycles. The number of aryl methyl sites for hydroxylation is 1. The lowest BCUT2D eigenvalue weighted by molar-refractivity contribution is -0.136. The summed E-state index contributed by atoms with van der Waals surface area (Å²) in [6, 6.07) is 9.82. The fourth-order valence-electron chi connectivity index (χ4n) is 4.02. The van der Waals surface area contributed by atoms with E-state index in [-0.39, 0.29) is 11.8 Å². The summed E-state index contributed by atoms with van der Waals surface area (Å²) < 4.78 is 1.95. The Kier molecular flexibility index (Phi) is 6.17. The highest BCUT2D eigenvalue weighted by molar-refractivity contribution is 5.87. The highest BCUT2D eigenvalue weighted by Crippen LogP contribution is 2.28. The second-order valence-electron chi connectivity index (χ2n) is 7.97. The van der Waals surface area contributed by atoms with E-state index in [1.165, 1.54) is 12.5 Å². The molecular formula is C22H30N4O2. The molecule has 6 nitrogen and oxygen atoms in total. The first-order chi connectivity index (χ1) is 13.4. The normalized spacial score (nSPS) is 15.1. The van der Waals surface area contributed by atoms with Crippen molar-refractivity contribution in [3.8, 4) is 11.3 Å². The number of hydrogen-bond acceptors (Lipinski definition) is 3. The number of aromatic nitrogens is 2. The molecular weight excluding hydrogens is 352 g/mol. The van der Waals surface area contributed by atoms with Gasteiger partial charge in [0.25, 0.3) is 0 Å². The molecule has 0 aliphatic carbocycles. The van der Waals surface area contributed by atoms with Gasteiger partial charge in [0.1, 0.15) is 6.04 Å². The van der Waals surface area contributed by atoms with Crippen molar-refractivity contribution < 1.29 is 9.59 Å². The van der Waals surface area contributed by atoms with Crippen molar-refractivity contribution in [3.63, 3.8) is 0 Å². The van der Waals surface area contributed by atoms with Gasteiger partial charge in [-0.3, -0.25) is 14.3 Å². The fraction of sp³-hybridized carbons (Fsp3) is 0.500. The monoisotopic (exact) mass is 382 g/mol. The molecule has 6 heteroatoms. The van der Waals surface area contributed by atoms with Crippen LogP contribution in [0, 0.1) is 5.92 Å². The molecule has 1 aromatic carbocycles. The summed E-state index contributed by atoms with van der Waals surface area (Å²) in [6.07, 6.45) is 2.15. The topological polar surface area (TPSA) is 67.2 Å². The maximum Gasteiger partial charge on any atom is 0.245 e. The van der Waals surface area contributed by atoms with E-state index >= 15 is 0 Å². The molecule has 0 radical (unpaired) electrons. The van der Waals surface area contributed by atoms with Gasteiger partial charge in [-0.1, -0.05) is 44.2 Å². The third-order valence-electron chi connectivity index (χ3n) is 5.22. The van der Waals surface area contributed by atoms with Crippen molar-refractivity contribution in [2.24, 2.45) is 13.0 Å². The van der Waals surface area contributed by atoms with Crippen LogP contribution >= 0.6 is 0 Å². The lowest BCUT2D eigenvalue weighted by atomic mass is 10.0. The van der Waals surface area contributed by atoms with E-state index in [1.807, 2.05) is 34.8 Å². The van der Waals surface area contributed by atoms with Crippen molar-refractivity contribution in [1.82, 2.24) is 20.0 Å². The molecule has 1 atom stereocenters. The number of carbonyl (C=O) groups is 2. The van der Waals surface area contributed by atoms with Crippen LogP contribution in [-0.2, 0) is 29.5 Å². The summed E-state index contributed by atoms with van der Waals surface area (Å²) in [6.45, 7) is 6.87. The molecule has 2 aromatic rings. The third-order valence-corrected chi connectivity index (χ3v) is 5.22. The average molecular weight is 383 g/mol. The predicted molar refractivity (Wildman–Crippen MR) is 110 cm³/mol. The zero-order chi connectivity index (χ0) is 20.3. The molecule has 0 spiro atoms. The molecule has 1 N–H and O–H groups in total. The quantitative estimate of drug-likeness (QED) is 0.864.